The van der Waals surface area contributed by atoms with E-state index in [1.165, 1.54) is 0 Å². The summed E-state index contributed by atoms with van der Waals surface area (Å²) in [5.41, 5.74) is 2.60. The number of hydrogen-bond acceptors (Lipinski definition) is 3. The first-order valence-electron chi connectivity index (χ1n) is 9.56. The lowest BCUT2D eigenvalue weighted by molar-refractivity contribution is -0.121. The second-order valence-corrected chi connectivity index (χ2v) is 7.00. The van der Waals surface area contributed by atoms with E-state index in [1.807, 2.05) is 59.3 Å². The molecule has 0 bridgehead atoms. The maximum atomic E-state index is 12.5. The second-order valence-electron chi connectivity index (χ2n) is 7.00. The van der Waals surface area contributed by atoms with Gasteiger partial charge in [0, 0.05) is 47.3 Å². The van der Waals surface area contributed by atoms with Gasteiger partial charge in [-0.1, -0.05) is 24.3 Å². The molecule has 0 aliphatic carbocycles. The van der Waals surface area contributed by atoms with Crippen molar-refractivity contribution in [3.8, 4) is 5.75 Å². The molecule has 0 radical (unpaired) electrons. The summed E-state index contributed by atoms with van der Waals surface area (Å²) < 4.78 is 9.32. The molecule has 4 aromatic rings. The zero-order chi connectivity index (χ0) is 20.4. The number of carbonyl (C=O) groups is 2. The molecule has 0 atom stereocenters. The lowest BCUT2D eigenvalue weighted by Crippen LogP contribution is -2.30. The van der Waals surface area contributed by atoms with Crippen molar-refractivity contribution >= 4 is 33.5 Å². The number of Topliss-reactive ketones (excluding diaryl/α,β-unsaturated/α-hetero) is 1. The molecular formula is C23H23N3O3. The number of amides is 1. The standard InChI is InChI=1S/C23H23N3O3/c1-16(27)19-14-26(20-7-4-3-6-17(19)20)15-23(28)24-11-13-25-12-10-18-21(25)8-5-9-22(18)29-2/h3-10,12,14H,11,13,15H2,1-2H3,(H,24,28). The van der Waals surface area contributed by atoms with E-state index in [0.29, 0.717) is 18.7 Å². The molecule has 2 heterocycles. The van der Waals surface area contributed by atoms with Crippen molar-refractivity contribution in [1.82, 2.24) is 14.5 Å². The van der Waals surface area contributed by atoms with Crippen molar-refractivity contribution in [3.63, 3.8) is 0 Å². The first-order valence-corrected chi connectivity index (χ1v) is 9.56. The highest BCUT2D eigenvalue weighted by atomic mass is 16.5. The van der Waals surface area contributed by atoms with Gasteiger partial charge in [0.2, 0.25) is 5.91 Å². The second kappa shape index (κ2) is 7.83. The summed E-state index contributed by atoms with van der Waals surface area (Å²) >= 11 is 0. The number of methoxy groups -OCH3 is 1. The van der Waals surface area contributed by atoms with E-state index in [1.54, 1.807) is 20.2 Å². The van der Waals surface area contributed by atoms with Crippen LogP contribution in [0.15, 0.2) is 60.9 Å². The fourth-order valence-electron chi connectivity index (χ4n) is 3.75. The Morgan fingerprint density at radius 2 is 1.72 bits per heavy atom. The van der Waals surface area contributed by atoms with Crippen molar-refractivity contribution in [2.75, 3.05) is 13.7 Å². The van der Waals surface area contributed by atoms with Crippen LogP contribution in [0.5, 0.6) is 5.75 Å². The summed E-state index contributed by atoms with van der Waals surface area (Å²) in [6.07, 6.45) is 3.76. The number of aromatic nitrogens is 2. The number of ketones is 1. The molecule has 0 fully saturated rings. The Labute approximate surface area is 168 Å². The monoisotopic (exact) mass is 389 g/mol. The Hall–Kier alpha value is -3.54. The van der Waals surface area contributed by atoms with Gasteiger partial charge in [-0.2, -0.15) is 0 Å². The third kappa shape index (κ3) is 3.61. The lowest BCUT2D eigenvalue weighted by atomic mass is 10.1. The number of para-hydroxylation sites is 1. The molecule has 148 valence electrons. The van der Waals surface area contributed by atoms with E-state index in [-0.39, 0.29) is 18.2 Å². The molecule has 29 heavy (non-hydrogen) atoms. The molecule has 2 aromatic carbocycles. The first kappa shape index (κ1) is 18.8. The predicted octanol–water partition coefficient (Wildman–Crippen LogP) is 3.62. The van der Waals surface area contributed by atoms with E-state index in [0.717, 1.165) is 27.6 Å². The summed E-state index contributed by atoms with van der Waals surface area (Å²) in [4.78, 5) is 24.4. The zero-order valence-electron chi connectivity index (χ0n) is 16.5. The Bertz CT molecular complexity index is 1200. The number of carbonyl (C=O) groups excluding carboxylic acids is 2. The third-order valence-corrected chi connectivity index (χ3v) is 5.15. The average Bonchev–Trinajstić information content (AvgIpc) is 3.30. The van der Waals surface area contributed by atoms with Crippen LogP contribution in [0.1, 0.15) is 17.3 Å². The summed E-state index contributed by atoms with van der Waals surface area (Å²) in [6.45, 7) is 2.89. The van der Waals surface area contributed by atoms with Crippen LogP contribution < -0.4 is 10.1 Å². The van der Waals surface area contributed by atoms with Crippen LogP contribution in [0.4, 0.5) is 0 Å². The van der Waals surface area contributed by atoms with E-state index in [4.69, 9.17) is 4.74 Å². The Morgan fingerprint density at radius 1 is 0.966 bits per heavy atom. The van der Waals surface area contributed by atoms with Gasteiger partial charge in [-0.25, -0.2) is 0 Å². The fourth-order valence-corrected chi connectivity index (χ4v) is 3.75. The molecule has 0 spiro atoms. The number of benzene rings is 2. The average molecular weight is 389 g/mol. The number of ether oxygens (including phenoxy) is 1. The molecule has 0 aliphatic heterocycles. The minimum atomic E-state index is -0.0881. The summed E-state index contributed by atoms with van der Waals surface area (Å²) in [5, 5.41) is 4.90. The van der Waals surface area contributed by atoms with Crippen LogP contribution in [0, 0.1) is 0 Å². The number of nitrogens with zero attached hydrogens (tertiary/aromatic N) is 2. The maximum absolute atomic E-state index is 12.5. The number of hydrogen-bond donors (Lipinski definition) is 1. The van der Waals surface area contributed by atoms with Crippen LogP contribution in [-0.4, -0.2) is 34.5 Å². The van der Waals surface area contributed by atoms with E-state index in [2.05, 4.69) is 9.88 Å². The molecule has 6 nitrogen and oxygen atoms in total. The maximum Gasteiger partial charge on any atom is 0.240 e. The van der Waals surface area contributed by atoms with Gasteiger partial charge in [-0.3, -0.25) is 9.59 Å². The van der Waals surface area contributed by atoms with Crippen molar-refractivity contribution in [2.24, 2.45) is 0 Å². The third-order valence-electron chi connectivity index (χ3n) is 5.15. The van der Waals surface area contributed by atoms with Crippen molar-refractivity contribution in [2.45, 2.75) is 20.0 Å². The Kier molecular flexibility index (Phi) is 5.08. The molecule has 0 unspecified atom stereocenters. The Balaban J connectivity index is 1.43. The van der Waals surface area contributed by atoms with Crippen LogP contribution in [0.25, 0.3) is 21.8 Å². The Morgan fingerprint density at radius 3 is 2.52 bits per heavy atom. The summed E-state index contributed by atoms with van der Waals surface area (Å²) in [7, 11) is 1.66. The highest BCUT2D eigenvalue weighted by Gasteiger charge is 2.13. The van der Waals surface area contributed by atoms with Gasteiger partial charge in [0.05, 0.1) is 12.6 Å². The van der Waals surface area contributed by atoms with Crippen LogP contribution >= 0.6 is 0 Å². The smallest absolute Gasteiger partial charge is 0.240 e. The largest absolute Gasteiger partial charge is 0.496 e. The molecule has 1 amide bonds. The SMILES string of the molecule is COc1cccc2c1ccn2CCNC(=O)Cn1cc(C(C)=O)c2ccccc21. The quantitative estimate of drug-likeness (QED) is 0.491. The van der Waals surface area contributed by atoms with Crippen molar-refractivity contribution < 1.29 is 14.3 Å². The van der Waals surface area contributed by atoms with Gasteiger partial charge < -0.3 is 19.2 Å². The number of fused-ring (bicyclic) bond motifs is 2. The van der Waals surface area contributed by atoms with E-state index in [9.17, 15) is 9.59 Å². The topological polar surface area (TPSA) is 65.3 Å². The van der Waals surface area contributed by atoms with Gasteiger partial charge in [-0.05, 0) is 31.2 Å². The fraction of sp³-hybridized carbons (Fsp3) is 0.217. The van der Waals surface area contributed by atoms with Gasteiger partial charge >= 0.3 is 0 Å². The minimum Gasteiger partial charge on any atom is -0.496 e. The highest BCUT2D eigenvalue weighted by Crippen LogP contribution is 2.26. The molecule has 1 N–H and O–H groups in total. The van der Waals surface area contributed by atoms with E-state index < -0.39 is 0 Å². The minimum absolute atomic E-state index is 0.00438. The van der Waals surface area contributed by atoms with Crippen LogP contribution in [0.2, 0.25) is 0 Å². The molecule has 4 rings (SSSR count). The van der Waals surface area contributed by atoms with Gasteiger partial charge in [0.15, 0.2) is 5.78 Å². The normalized spacial score (nSPS) is 11.1. The van der Waals surface area contributed by atoms with Gasteiger partial charge in [-0.15, -0.1) is 0 Å². The first-order chi connectivity index (χ1) is 14.1. The highest BCUT2D eigenvalue weighted by molar-refractivity contribution is 6.07. The molecule has 6 heteroatoms. The summed E-state index contributed by atoms with van der Waals surface area (Å²) in [5.74, 6) is 0.746. The molecule has 0 aliphatic rings. The predicted molar refractivity (Wildman–Crippen MR) is 113 cm³/mol. The molecular weight excluding hydrogens is 366 g/mol. The van der Waals surface area contributed by atoms with Crippen molar-refractivity contribution in [1.29, 1.82) is 0 Å². The van der Waals surface area contributed by atoms with Crippen molar-refractivity contribution in [3.05, 3.63) is 66.5 Å². The number of rotatable bonds is 7. The number of nitrogens with one attached hydrogen (secondary N) is 1. The molecule has 2 aromatic heterocycles. The van der Waals surface area contributed by atoms with Crippen LogP contribution in [-0.2, 0) is 17.9 Å². The van der Waals surface area contributed by atoms with Gasteiger partial charge in [0.1, 0.15) is 12.3 Å². The molecule has 0 saturated carbocycles. The van der Waals surface area contributed by atoms with Gasteiger partial charge in [0.25, 0.3) is 0 Å². The van der Waals surface area contributed by atoms with E-state index >= 15 is 0 Å². The zero-order valence-corrected chi connectivity index (χ0v) is 16.5. The molecule has 0 saturated heterocycles. The lowest BCUT2D eigenvalue weighted by Gasteiger charge is -2.09. The van der Waals surface area contributed by atoms with Crippen LogP contribution in [0.3, 0.4) is 0 Å². The summed E-state index contributed by atoms with van der Waals surface area (Å²) in [6, 6.07) is 15.6.